The van der Waals surface area contributed by atoms with Crippen LogP contribution in [0, 0.1) is 0 Å². The molecule has 0 fully saturated rings. The van der Waals surface area contributed by atoms with Crippen molar-refractivity contribution in [2.45, 2.75) is 31.7 Å². The molecule has 1 atom stereocenters. The van der Waals surface area contributed by atoms with Gasteiger partial charge in [-0.1, -0.05) is 64.5 Å². The number of rotatable bonds is 5. The van der Waals surface area contributed by atoms with Crippen molar-refractivity contribution in [2.24, 2.45) is 0 Å². The fourth-order valence-electron chi connectivity index (χ4n) is 3.88. The third-order valence-electron chi connectivity index (χ3n) is 5.02. The van der Waals surface area contributed by atoms with Crippen molar-refractivity contribution in [3.63, 3.8) is 0 Å². The van der Waals surface area contributed by atoms with Gasteiger partial charge in [0.25, 0.3) is 0 Å². The molecule has 0 bridgehead atoms. The first-order valence-electron chi connectivity index (χ1n) is 8.79. The number of aryl methyl sites for hydroxylation is 2. The largest absolute Gasteiger partial charge is 0.310 e. The normalized spacial score (nSPS) is 16.5. The Kier molecular flexibility index (Phi) is 4.68. The maximum Gasteiger partial charge on any atom is 0.0329 e. The standard InChI is InChI=1S/C22H22BrN/c23-19-10-1-5-16(15-19)6-4-14-24-21-13-12-18-8-2-7-17-9-3-11-20(21)22(17)18/h1-3,5,7-11,15,21,24H,4,6,12-14H2. The second-order valence-corrected chi connectivity index (χ2v) is 7.56. The molecular weight excluding hydrogens is 358 g/mol. The molecule has 2 heteroatoms. The molecule has 1 unspecified atom stereocenters. The van der Waals surface area contributed by atoms with Crippen LogP contribution in [0.15, 0.2) is 65.1 Å². The van der Waals surface area contributed by atoms with E-state index in [4.69, 9.17) is 0 Å². The lowest BCUT2D eigenvalue weighted by molar-refractivity contribution is 0.489. The van der Waals surface area contributed by atoms with E-state index >= 15 is 0 Å². The molecule has 1 aliphatic carbocycles. The highest BCUT2D eigenvalue weighted by atomic mass is 79.9. The van der Waals surface area contributed by atoms with Crippen LogP contribution < -0.4 is 5.32 Å². The summed E-state index contributed by atoms with van der Waals surface area (Å²) in [6.45, 7) is 1.07. The average molecular weight is 380 g/mol. The summed E-state index contributed by atoms with van der Waals surface area (Å²) in [6.07, 6.45) is 4.68. The molecule has 0 saturated heterocycles. The molecule has 122 valence electrons. The van der Waals surface area contributed by atoms with Gasteiger partial charge in [-0.25, -0.2) is 0 Å². The van der Waals surface area contributed by atoms with Crippen LogP contribution in [0.5, 0.6) is 0 Å². The zero-order valence-corrected chi connectivity index (χ0v) is 15.4. The minimum absolute atomic E-state index is 0.492. The molecule has 4 rings (SSSR count). The lowest BCUT2D eigenvalue weighted by Gasteiger charge is -2.27. The van der Waals surface area contributed by atoms with E-state index in [-0.39, 0.29) is 0 Å². The number of halogens is 1. The summed E-state index contributed by atoms with van der Waals surface area (Å²) in [5.74, 6) is 0. The Hall–Kier alpha value is -1.64. The van der Waals surface area contributed by atoms with Gasteiger partial charge in [0.1, 0.15) is 0 Å². The van der Waals surface area contributed by atoms with Crippen LogP contribution in [0.3, 0.4) is 0 Å². The summed E-state index contributed by atoms with van der Waals surface area (Å²) in [5, 5.41) is 6.66. The summed E-state index contributed by atoms with van der Waals surface area (Å²) in [4.78, 5) is 0. The summed E-state index contributed by atoms with van der Waals surface area (Å²) in [6, 6.07) is 22.6. The van der Waals surface area contributed by atoms with E-state index in [1.807, 2.05) is 0 Å². The first kappa shape index (κ1) is 15.9. The highest BCUT2D eigenvalue weighted by Gasteiger charge is 2.20. The second kappa shape index (κ2) is 7.08. The molecule has 0 saturated carbocycles. The molecule has 3 aromatic carbocycles. The molecule has 1 nitrogen and oxygen atoms in total. The van der Waals surface area contributed by atoms with Crippen LogP contribution in [0.1, 0.15) is 35.6 Å². The Bertz CT molecular complexity index is 850. The lowest BCUT2D eigenvalue weighted by atomic mass is 9.85. The molecular formula is C22H22BrN. The van der Waals surface area contributed by atoms with Gasteiger partial charge in [-0.05, 0) is 71.8 Å². The monoisotopic (exact) mass is 379 g/mol. The number of nitrogens with one attached hydrogen (secondary N) is 1. The van der Waals surface area contributed by atoms with Crippen LogP contribution in [-0.4, -0.2) is 6.54 Å². The first-order chi connectivity index (χ1) is 11.8. The number of hydrogen-bond donors (Lipinski definition) is 1. The van der Waals surface area contributed by atoms with Gasteiger partial charge in [0.05, 0.1) is 0 Å². The molecule has 0 aliphatic heterocycles. The minimum Gasteiger partial charge on any atom is -0.310 e. The molecule has 0 radical (unpaired) electrons. The Morgan fingerprint density at radius 1 is 1.00 bits per heavy atom. The van der Waals surface area contributed by atoms with Crippen LogP contribution >= 0.6 is 15.9 Å². The van der Waals surface area contributed by atoms with Crippen molar-refractivity contribution >= 4 is 26.7 Å². The van der Waals surface area contributed by atoms with Crippen LogP contribution in [0.25, 0.3) is 10.8 Å². The van der Waals surface area contributed by atoms with Crippen molar-refractivity contribution in [3.8, 4) is 0 Å². The summed E-state index contributed by atoms with van der Waals surface area (Å²) >= 11 is 3.55. The van der Waals surface area contributed by atoms with Gasteiger partial charge in [0, 0.05) is 10.5 Å². The van der Waals surface area contributed by atoms with Gasteiger partial charge in [-0.2, -0.15) is 0 Å². The van der Waals surface area contributed by atoms with Crippen LogP contribution in [0.4, 0.5) is 0 Å². The molecule has 0 amide bonds. The molecule has 1 aliphatic rings. The van der Waals surface area contributed by atoms with Crippen molar-refractivity contribution in [1.82, 2.24) is 5.32 Å². The Morgan fingerprint density at radius 2 is 1.83 bits per heavy atom. The average Bonchev–Trinajstić information content (AvgIpc) is 2.61. The first-order valence-corrected chi connectivity index (χ1v) is 9.59. The second-order valence-electron chi connectivity index (χ2n) is 6.64. The highest BCUT2D eigenvalue weighted by Crippen LogP contribution is 2.35. The molecule has 1 N–H and O–H groups in total. The predicted molar refractivity (Wildman–Crippen MR) is 105 cm³/mol. The lowest BCUT2D eigenvalue weighted by Crippen LogP contribution is -2.25. The third kappa shape index (κ3) is 3.26. The number of hydrogen-bond acceptors (Lipinski definition) is 1. The van der Waals surface area contributed by atoms with Crippen LogP contribution in [-0.2, 0) is 12.8 Å². The molecule has 0 heterocycles. The third-order valence-corrected chi connectivity index (χ3v) is 5.52. The van der Waals surface area contributed by atoms with Gasteiger partial charge < -0.3 is 5.32 Å². The molecule has 24 heavy (non-hydrogen) atoms. The van der Waals surface area contributed by atoms with Crippen molar-refractivity contribution in [1.29, 1.82) is 0 Å². The van der Waals surface area contributed by atoms with Gasteiger partial charge in [-0.3, -0.25) is 0 Å². The van der Waals surface area contributed by atoms with E-state index in [1.54, 1.807) is 0 Å². The van der Waals surface area contributed by atoms with E-state index < -0.39 is 0 Å². The maximum absolute atomic E-state index is 3.80. The summed E-state index contributed by atoms with van der Waals surface area (Å²) < 4.78 is 1.17. The van der Waals surface area contributed by atoms with Gasteiger partial charge >= 0.3 is 0 Å². The zero-order chi connectivity index (χ0) is 16.4. The quantitative estimate of drug-likeness (QED) is 0.551. The zero-order valence-electron chi connectivity index (χ0n) is 13.8. The van der Waals surface area contributed by atoms with Crippen molar-refractivity contribution in [2.75, 3.05) is 6.54 Å². The van der Waals surface area contributed by atoms with E-state index in [9.17, 15) is 0 Å². The number of benzene rings is 3. The van der Waals surface area contributed by atoms with E-state index in [0.717, 1.165) is 13.0 Å². The van der Waals surface area contributed by atoms with Gasteiger partial charge in [-0.15, -0.1) is 0 Å². The topological polar surface area (TPSA) is 12.0 Å². The van der Waals surface area contributed by atoms with Gasteiger partial charge in [0.15, 0.2) is 0 Å². The van der Waals surface area contributed by atoms with E-state index in [0.29, 0.717) is 6.04 Å². The Morgan fingerprint density at radius 3 is 2.71 bits per heavy atom. The van der Waals surface area contributed by atoms with Crippen molar-refractivity contribution in [3.05, 3.63) is 81.8 Å². The summed E-state index contributed by atoms with van der Waals surface area (Å²) in [7, 11) is 0. The van der Waals surface area contributed by atoms with Gasteiger partial charge in [0.2, 0.25) is 0 Å². The minimum atomic E-state index is 0.492. The molecule has 3 aromatic rings. The Labute approximate surface area is 152 Å². The fourth-order valence-corrected chi connectivity index (χ4v) is 4.32. The highest BCUT2D eigenvalue weighted by molar-refractivity contribution is 9.10. The SMILES string of the molecule is Brc1cccc(CCCNC2CCc3cccc4cccc2c34)c1. The maximum atomic E-state index is 3.80. The van der Waals surface area contributed by atoms with E-state index in [2.05, 4.69) is 81.9 Å². The summed E-state index contributed by atoms with van der Waals surface area (Å²) in [5.41, 5.74) is 4.40. The molecule has 0 aromatic heterocycles. The fraction of sp³-hybridized carbons (Fsp3) is 0.273. The van der Waals surface area contributed by atoms with Crippen molar-refractivity contribution < 1.29 is 0 Å². The Balaban J connectivity index is 1.42. The van der Waals surface area contributed by atoms with Crippen LogP contribution in [0.2, 0.25) is 0 Å². The van der Waals surface area contributed by atoms with E-state index in [1.165, 1.54) is 51.2 Å². The smallest absolute Gasteiger partial charge is 0.0329 e. The molecule has 0 spiro atoms. The predicted octanol–water partition coefficient (Wildman–Crippen LogP) is 5.81.